The van der Waals surface area contributed by atoms with Crippen LogP contribution < -0.4 is 10.6 Å². The van der Waals surface area contributed by atoms with Crippen LogP contribution in [0.4, 0.5) is 0 Å². The van der Waals surface area contributed by atoms with Gasteiger partial charge in [-0.05, 0) is 31.0 Å². The molecule has 2 fully saturated rings. The lowest BCUT2D eigenvalue weighted by atomic mass is 9.57. The van der Waals surface area contributed by atoms with Crippen LogP contribution in [0, 0.1) is 11.3 Å². The van der Waals surface area contributed by atoms with Gasteiger partial charge >= 0.3 is 0 Å². The number of benzene rings is 1. The quantitative estimate of drug-likeness (QED) is 0.656. The lowest BCUT2D eigenvalue weighted by Crippen LogP contribution is -2.67. The van der Waals surface area contributed by atoms with Crippen molar-refractivity contribution in [1.29, 1.82) is 0 Å². The zero-order chi connectivity index (χ0) is 16.4. The van der Waals surface area contributed by atoms with Crippen molar-refractivity contribution in [3.05, 3.63) is 34.9 Å². The van der Waals surface area contributed by atoms with E-state index in [0.717, 1.165) is 36.1 Å². The Morgan fingerprint density at radius 3 is 2.78 bits per heavy atom. The van der Waals surface area contributed by atoms with Crippen molar-refractivity contribution < 1.29 is 4.74 Å². The molecule has 1 heterocycles. The highest BCUT2D eigenvalue weighted by Crippen LogP contribution is 2.52. The molecular formula is C18H26ClN3O. The first-order chi connectivity index (χ1) is 11.0. The zero-order valence-corrected chi connectivity index (χ0v) is 14.9. The van der Waals surface area contributed by atoms with Gasteiger partial charge in [0.25, 0.3) is 0 Å². The lowest BCUT2D eigenvalue weighted by molar-refractivity contribution is -0.106. The molecule has 0 bridgehead atoms. The van der Waals surface area contributed by atoms with Gasteiger partial charge in [0.2, 0.25) is 0 Å². The summed E-state index contributed by atoms with van der Waals surface area (Å²) in [5.41, 5.74) is 1.30. The molecule has 0 aromatic heterocycles. The van der Waals surface area contributed by atoms with Crippen LogP contribution in [0.1, 0.15) is 32.8 Å². The van der Waals surface area contributed by atoms with Crippen molar-refractivity contribution in [2.24, 2.45) is 16.3 Å². The molecule has 2 N–H and O–H groups in total. The van der Waals surface area contributed by atoms with E-state index < -0.39 is 0 Å². The molecule has 23 heavy (non-hydrogen) atoms. The molecule has 3 rings (SSSR count). The highest BCUT2D eigenvalue weighted by Gasteiger charge is 2.59. The van der Waals surface area contributed by atoms with Crippen LogP contribution in [0.25, 0.3) is 0 Å². The third-order valence-corrected chi connectivity index (χ3v) is 5.32. The van der Waals surface area contributed by atoms with Crippen LogP contribution in [0.2, 0.25) is 5.02 Å². The molecule has 126 valence electrons. The number of nitrogens with one attached hydrogen (secondary N) is 2. The normalized spacial score (nSPS) is 28.9. The monoisotopic (exact) mass is 335 g/mol. The molecule has 1 aromatic rings. The fourth-order valence-corrected chi connectivity index (χ4v) is 3.97. The number of rotatable bonds is 4. The maximum atomic E-state index is 5.93. The van der Waals surface area contributed by atoms with Crippen LogP contribution in [0.15, 0.2) is 29.3 Å². The minimum Gasteiger partial charge on any atom is -0.377 e. The third-order valence-electron chi connectivity index (χ3n) is 5.07. The van der Waals surface area contributed by atoms with Crippen LogP contribution in [-0.2, 0) is 11.3 Å². The minimum atomic E-state index is 0.150. The van der Waals surface area contributed by atoms with E-state index >= 15 is 0 Å². The van der Waals surface area contributed by atoms with Gasteiger partial charge in [0.15, 0.2) is 5.96 Å². The largest absolute Gasteiger partial charge is 0.377 e. The van der Waals surface area contributed by atoms with Crippen molar-refractivity contribution >= 4 is 17.6 Å². The van der Waals surface area contributed by atoms with Gasteiger partial charge in [-0.3, -0.25) is 0 Å². The van der Waals surface area contributed by atoms with Gasteiger partial charge in [-0.2, -0.15) is 0 Å². The summed E-state index contributed by atoms with van der Waals surface area (Å²) < 4.78 is 5.87. The van der Waals surface area contributed by atoms with Crippen LogP contribution in [0.3, 0.4) is 0 Å². The molecule has 0 radical (unpaired) electrons. The third kappa shape index (κ3) is 3.33. The van der Waals surface area contributed by atoms with E-state index in [1.165, 1.54) is 0 Å². The Hall–Kier alpha value is -1.26. The molecule has 3 atom stereocenters. The molecule has 1 aromatic carbocycles. The van der Waals surface area contributed by atoms with Gasteiger partial charge in [-0.25, -0.2) is 4.99 Å². The van der Waals surface area contributed by atoms with Gasteiger partial charge in [0, 0.05) is 35.5 Å². The molecule has 1 saturated carbocycles. The minimum absolute atomic E-state index is 0.150. The number of aliphatic imine (C=N–C) groups is 1. The number of hydrogen-bond donors (Lipinski definition) is 2. The maximum Gasteiger partial charge on any atom is 0.191 e. The van der Waals surface area contributed by atoms with E-state index in [1.807, 2.05) is 24.3 Å². The highest BCUT2D eigenvalue weighted by molar-refractivity contribution is 6.30. The number of halogens is 1. The summed E-state index contributed by atoms with van der Waals surface area (Å²) in [4.78, 5) is 4.73. The van der Waals surface area contributed by atoms with Crippen LogP contribution in [-0.4, -0.2) is 31.3 Å². The van der Waals surface area contributed by atoms with E-state index in [-0.39, 0.29) is 5.41 Å². The first-order valence-electron chi connectivity index (χ1n) is 8.43. The molecule has 1 aliphatic heterocycles. The summed E-state index contributed by atoms with van der Waals surface area (Å²) in [7, 11) is 0. The number of fused-ring (bicyclic) bond motifs is 1. The standard InChI is InChI=1S/C18H26ClN3O/c1-4-20-17(21-11-12-5-7-13(19)8-6-12)22-15-14-9-10-23-16(14)18(15,2)3/h5-8,14-16H,4,9-11H2,1-3H3,(H2,20,21,22). The van der Waals surface area contributed by atoms with Crippen LogP contribution in [0.5, 0.6) is 0 Å². The Balaban J connectivity index is 1.66. The summed E-state index contributed by atoms with van der Waals surface area (Å²) in [6.07, 6.45) is 1.53. The Labute approximate surface area is 143 Å². The van der Waals surface area contributed by atoms with E-state index in [2.05, 4.69) is 31.4 Å². The lowest BCUT2D eigenvalue weighted by Gasteiger charge is -2.54. The fourth-order valence-electron chi connectivity index (χ4n) is 3.84. The van der Waals surface area contributed by atoms with Gasteiger partial charge in [0.1, 0.15) is 0 Å². The second-order valence-corrected chi connectivity index (χ2v) is 7.45. The molecule has 4 nitrogen and oxygen atoms in total. The molecular weight excluding hydrogens is 310 g/mol. The smallest absolute Gasteiger partial charge is 0.191 e. The summed E-state index contributed by atoms with van der Waals surface area (Å²) in [5.74, 6) is 1.48. The Kier molecular flexibility index (Phi) is 4.83. The first-order valence-corrected chi connectivity index (χ1v) is 8.81. The highest BCUT2D eigenvalue weighted by atomic mass is 35.5. The fraction of sp³-hybridized carbons (Fsp3) is 0.611. The van der Waals surface area contributed by atoms with Crippen molar-refractivity contribution in [3.63, 3.8) is 0 Å². The summed E-state index contributed by atoms with van der Waals surface area (Å²) in [5, 5.41) is 7.74. The zero-order valence-electron chi connectivity index (χ0n) is 14.1. The first kappa shape index (κ1) is 16.6. The van der Waals surface area contributed by atoms with E-state index in [0.29, 0.717) is 24.6 Å². The molecule has 3 unspecified atom stereocenters. The van der Waals surface area contributed by atoms with Crippen molar-refractivity contribution in [3.8, 4) is 0 Å². The van der Waals surface area contributed by atoms with Crippen molar-refractivity contribution in [2.45, 2.75) is 45.9 Å². The van der Waals surface area contributed by atoms with Crippen molar-refractivity contribution in [2.75, 3.05) is 13.2 Å². The van der Waals surface area contributed by atoms with Gasteiger partial charge < -0.3 is 15.4 Å². The number of guanidine groups is 1. The summed E-state index contributed by atoms with van der Waals surface area (Å²) in [6, 6.07) is 8.26. The topological polar surface area (TPSA) is 45.7 Å². The summed E-state index contributed by atoms with van der Waals surface area (Å²) >= 11 is 5.93. The molecule has 1 aliphatic carbocycles. The number of hydrogen-bond acceptors (Lipinski definition) is 2. The predicted octanol–water partition coefficient (Wildman–Crippen LogP) is 3.21. The second-order valence-electron chi connectivity index (χ2n) is 7.01. The molecule has 1 saturated heterocycles. The average Bonchev–Trinajstić information content (AvgIpc) is 2.98. The molecule has 2 aliphatic rings. The molecule has 0 amide bonds. The molecule has 5 heteroatoms. The van der Waals surface area contributed by atoms with Gasteiger partial charge in [-0.1, -0.05) is 37.6 Å². The van der Waals surface area contributed by atoms with E-state index in [4.69, 9.17) is 21.3 Å². The summed E-state index contributed by atoms with van der Waals surface area (Å²) in [6.45, 7) is 9.02. The predicted molar refractivity (Wildman–Crippen MR) is 94.8 cm³/mol. The Morgan fingerprint density at radius 2 is 2.09 bits per heavy atom. The van der Waals surface area contributed by atoms with Gasteiger partial charge in [-0.15, -0.1) is 0 Å². The Morgan fingerprint density at radius 1 is 1.35 bits per heavy atom. The average molecular weight is 336 g/mol. The van der Waals surface area contributed by atoms with Gasteiger partial charge in [0.05, 0.1) is 12.6 Å². The molecule has 0 spiro atoms. The van der Waals surface area contributed by atoms with Crippen molar-refractivity contribution in [1.82, 2.24) is 10.6 Å². The maximum absolute atomic E-state index is 5.93. The van der Waals surface area contributed by atoms with E-state index in [9.17, 15) is 0 Å². The van der Waals surface area contributed by atoms with E-state index in [1.54, 1.807) is 0 Å². The SMILES string of the molecule is CCNC(=NCc1ccc(Cl)cc1)NC1C2CCOC2C1(C)C. The number of nitrogens with zero attached hydrogens (tertiary/aromatic N) is 1. The second kappa shape index (κ2) is 6.70. The van der Waals surface area contributed by atoms with Crippen LogP contribution >= 0.6 is 11.6 Å². The Bertz CT molecular complexity index is 570. The number of ether oxygens (including phenoxy) is 1.